The third-order valence-electron chi connectivity index (χ3n) is 5.14. The van der Waals surface area contributed by atoms with E-state index in [-0.39, 0.29) is 23.2 Å². The molecule has 5 rings (SSSR count). The van der Waals surface area contributed by atoms with Gasteiger partial charge in [0.1, 0.15) is 6.54 Å². The predicted octanol–water partition coefficient (Wildman–Crippen LogP) is 4.92. The number of hydrogen-bond donors (Lipinski definition) is 0. The number of para-hydroxylation sites is 2. The topological polar surface area (TPSA) is 87.5 Å². The van der Waals surface area contributed by atoms with Crippen molar-refractivity contribution in [3.05, 3.63) is 77.7 Å². The maximum atomic E-state index is 13.5. The molecule has 2 aromatic carbocycles. The van der Waals surface area contributed by atoms with Gasteiger partial charge in [-0.1, -0.05) is 48.2 Å². The Balaban J connectivity index is 1.28. The van der Waals surface area contributed by atoms with Crippen LogP contribution in [-0.2, 0) is 24.9 Å². The zero-order valence-electron chi connectivity index (χ0n) is 17.9. The lowest BCUT2D eigenvalue weighted by atomic mass is 10.1. The molecule has 8 nitrogen and oxygen atoms in total. The number of rotatable bonds is 7. The fourth-order valence-electron chi connectivity index (χ4n) is 3.46. The third kappa shape index (κ3) is 4.53. The molecule has 0 radical (unpaired) electrons. The quantitative estimate of drug-likeness (QED) is 0.302. The average molecular weight is 485 g/mol. The van der Waals surface area contributed by atoms with Crippen molar-refractivity contribution < 1.29 is 17.6 Å². The Bertz CT molecular complexity index is 1420. The van der Waals surface area contributed by atoms with Crippen LogP contribution in [0.3, 0.4) is 0 Å². The molecule has 12 heteroatoms. The van der Waals surface area contributed by atoms with E-state index < -0.39 is 12.0 Å². The molecule has 0 bridgehead atoms. The summed E-state index contributed by atoms with van der Waals surface area (Å²) >= 11 is 1.23. The Kier molecular flexibility index (Phi) is 5.82. The van der Waals surface area contributed by atoms with Crippen molar-refractivity contribution in [1.29, 1.82) is 0 Å². The molecule has 0 spiro atoms. The van der Waals surface area contributed by atoms with Crippen molar-refractivity contribution >= 4 is 22.8 Å². The summed E-state index contributed by atoms with van der Waals surface area (Å²) in [5.74, 6) is -0.545. The van der Waals surface area contributed by atoms with Crippen LogP contribution < -0.4 is 0 Å². The van der Waals surface area contributed by atoms with Crippen molar-refractivity contribution in [2.75, 3.05) is 0 Å². The first kappa shape index (κ1) is 22.1. The number of aromatic nitrogens is 7. The summed E-state index contributed by atoms with van der Waals surface area (Å²) in [5.41, 5.74) is 3.42. The molecule has 0 unspecified atom stereocenters. The monoisotopic (exact) mass is 485 g/mol. The molecule has 0 aliphatic carbocycles. The van der Waals surface area contributed by atoms with Crippen LogP contribution in [0.1, 0.15) is 29.9 Å². The second-order valence-corrected chi connectivity index (χ2v) is 8.36. The molecule has 3 aromatic heterocycles. The highest BCUT2D eigenvalue weighted by molar-refractivity contribution is 7.98. The Hall–Kier alpha value is -3.67. The number of hydrogen-bond acceptors (Lipinski definition) is 7. The first-order valence-corrected chi connectivity index (χ1v) is 11.4. The van der Waals surface area contributed by atoms with Gasteiger partial charge in [-0.3, -0.25) is 0 Å². The summed E-state index contributed by atoms with van der Waals surface area (Å²) < 4.78 is 48.8. The number of imidazole rings is 1. The third-order valence-corrected chi connectivity index (χ3v) is 6.00. The minimum absolute atomic E-state index is 0.0517. The second kappa shape index (κ2) is 8.93. The van der Waals surface area contributed by atoms with E-state index in [0.29, 0.717) is 17.0 Å². The normalized spacial score (nSPS) is 12.0. The lowest BCUT2D eigenvalue weighted by Crippen LogP contribution is -2.15. The number of aryl methyl sites for hydroxylation is 1. The van der Waals surface area contributed by atoms with Crippen LogP contribution in [0, 0.1) is 0 Å². The van der Waals surface area contributed by atoms with Gasteiger partial charge in [0.15, 0.2) is 0 Å². The summed E-state index contributed by atoms with van der Waals surface area (Å²) in [5, 5.41) is 16.4. The smallest absolute Gasteiger partial charge is 0.414 e. The molecule has 0 fully saturated rings. The molecule has 0 N–H and O–H groups in total. The largest absolute Gasteiger partial charge is 0.449 e. The van der Waals surface area contributed by atoms with Crippen LogP contribution in [0.4, 0.5) is 13.2 Å². The van der Waals surface area contributed by atoms with E-state index in [1.807, 2.05) is 24.3 Å². The van der Waals surface area contributed by atoms with E-state index in [2.05, 4.69) is 32.4 Å². The number of benzene rings is 2. The molecule has 3 heterocycles. The molecular weight excluding hydrogens is 467 g/mol. The first-order chi connectivity index (χ1) is 16.4. The van der Waals surface area contributed by atoms with Gasteiger partial charge in [0.2, 0.25) is 11.7 Å². The lowest BCUT2D eigenvalue weighted by molar-refractivity contribution is -0.146. The van der Waals surface area contributed by atoms with Crippen molar-refractivity contribution in [3.63, 3.8) is 0 Å². The van der Waals surface area contributed by atoms with Gasteiger partial charge in [-0.15, -0.1) is 15.3 Å². The Labute approximate surface area is 195 Å². The molecule has 0 amide bonds. The maximum Gasteiger partial charge on any atom is 0.449 e. The van der Waals surface area contributed by atoms with Gasteiger partial charge in [0.05, 0.1) is 28.6 Å². The molecule has 0 saturated carbocycles. The number of halogens is 3. The summed E-state index contributed by atoms with van der Waals surface area (Å²) in [6.45, 7) is 1.85. The Morgan fingerprint density at radius 1 is 1.00 bits per heavy atom. The summed E-state index contributed by atoms with van der Waals surface area (Å²) in [7, 11) is 0. The molecule has 174 valence electrons. The SMILES string of the molecule is CCc1ccc(-n2cc(CSc3nnc(Cn4c(C(F)(F)F)nc5ccccc54)o3)nn2)cc1. The van der Waals surface area contributed by atoms with Gasteiger partial charge in [-0.2, -0.15) is 13.2 Å². The van der Waals surface area contributed by atoms with Gasteiger partial charge in [0.25, 0.3) is 5.22 Å². The van der Waals surface area contributed by atoms with Crippen LogP contribution in [-0.4, -0.2) is 34.7 Å². The van der Waals surface area contributed by atoms with E-state index in [4.69, 9.17) is 4.42 Å². The average Bonchev–Trinajstić information content (AvgIpc) is 3.57. The van der Waals surface area contributed by atoms with Crippen molar-refractivity contribution in [2.45, 2.75) is 37.0 Å². The van der Waals surface area contributed by atoms with Gasteiger partial charge >= 0.3 is 6.18 Å². The second-order valence-electron chi connectivity index (χ2n) is 7.43. The molecule has 0 aliphatic heterocycles. The van der Waals surface area contributed by atoms with Crippen LogP contribution >= 0.6 is 11.8 Å². The summed E-state index contributed by atoms with van der Waals surface area (Å²) in [4.78, 5) is 3.73. The number of alkyl halides is 3. The van der Waals surface area contributed by atoms with E-state index in [0.717, 1.165) is 16.7 Å². The highest BCUT2D eigenvalue weighted by Gasteiger charge is 2.38. The number of nitrogens with zero attached hydrogens (tertiary/aromatic N) is 7. The molecule has 34 heavy (non-hydrogen) atoms. The van der Waals surface area contributed by atoms with Gasteiger partial charge in [-0.05, 0) is 36.2 Å². The van der Waals surface area contributed by atoms with Crippen LogP contribution in [0.2, 0.25) is 0 Å². The highest BCUT2D eigenvalue weighted by atomic mass is 32.2. The molecule has 0 atom stereocenters. The van der Waals surface area contributed by atoms with Crippen molar-refractivity contribution in [1.82, 2.24) is 34.7 Å². The van der Waals surface area contributed by atoms with Gasteiger partial charge in [-0.25, -0.2) is 9.67 Å². The van der Waals surface area contributed by atoms with E-state index >= 15 is 0 Å². The number of fused-ring (bicyclic) bond motifs is 1. The van der Waals surface area contributed by atoms with Crippen molar-refractivity contribution in [2.24, 2.45) is 0 Å². The molecule has 5 aromatic rings. The lowest BCUT2D eigenvalue weighted by Gasteiger charge is -2.09. The van der Waals surface area contributed by atoms with E-state index in [1.54, 1.807) is 29.1 Å². The fraction of sp³-hybridized carbons (Fsp3) is 0.227. The van der Waals surface area contributed by atoms with Crippen LogP contribution in [0.5, 0.6) is 0 Å². The summed E-state index contributed by atoms with van der Waals surface area (Å²) in [6, 6.07) is 14.4. The highest BCUT2D eigenvalue weighted by Crippen LogP contribution is 2.32. The minimum atomic E-state index is -4.61. The predicted molar refractivity (Wildman–Crippen MR) is 118 cm³/mol. The van der Waals surface area contributed by atoms with E-state index in [1.165, 1.54) is 23.4 Å². The van der Waals surface area contributed by atoms with Gasteiger partial charge < -0.3 is 8.98 Å². The molecular formula is C22H18F3N7OS. The summed E-state index contributed by atoms with van der Waals surface area (Å²) in [6.07, 6.45) is -1.85. The van der Waals surface area contributed by atoms with E-state index in [9.17, 15) is 13.2 Å². The molecule has 0 saturated heterocycles. The van der Waals surface area contributed by atoms with Crippen LogP contribution in [0.25, 0.3) is 16.7 Å². The standard InChI is InChI=1S/C22H18F3N7OS/c1-2-14-7-9-16(10-8-14)32-11-15(27-30-32)13-34-21-29-28-19(33-21)12-31-18-6-4-3-5-17(18)26-20(31)22(23,24)25/h3-11H,2,12-13H2,1H3. The zero-order valence-corrected chi connectivity index (χ0v) is 18.7. The van der Waals surface area contributed by atoms with Crippen molar-refractivity contribution in [3.8, 4) is 5.69 Å². The van der Waals surface area contributed by atoms with Crippen LogP contribution in [0.15, 0.2) is 64.4 Å². The van der Waals surface area contributed by atoms with Gasteiger partial charge in [0, 0.05) is 5.75 Å². The maximum absolute atomic E-state index is 13.5. The molecule has 0 aliphatic rings. The zero-order chi connectivity index (χ0) is 23.7. The first-order valence-electron chi connectivity index (χ1n) is 10.4. The fourth-order valence-corrected chi connectivity index (χ4v) is 4.12. The minimum Gasteiger partial charge on any atom is -0.414 e. The Morgan fingerprint density at radius 2 is 1.79 bits per heavy atom. The Morgan fingerprint density at radius 3 is 2.56 bits per heavy atom. The number of thioether (sulfide) groups is 1.